The van der Waals surface area contributed by atoms with Gasteiger partial charge >= 0.3 is 0 Å². The summed E-state index contributed by atoms with van der Waals surface area (Å²) in [6.45, 7) is 2.14. The first kappa shape index (κ1) is 18.8. The smallest absolute Gasteiger partial charge is 0.196 e. The van der Waals surface area contributed by atoms with Gasteiger partial charge in [0.1, 0.15) is 5.82 Å². The Hall–Kier alpha value is -2.58. The van der Waals surface area contributed by atoms with Crippen LogP contribution in [0.15, 0.2) is 53.7 Å². The number of hydrogen-bond donors (Lipinski definition) is 0. The molecule has 5 heteroatoms. The zero-order chi connectivity index (χ0) is 19.3. The summed E-state index contributed by atoms with van der Waals surface area (Å²) in [6, 6.07) is 18.5. The Morgan fingerprint density at radius 3 is 2.68 bits per heavy atom. The number of benzene rings is 2. The zero-order valence-electron chi connectivity index (χ0n) is 16.1. The highest BCUT2D eigenvalue weighted by Crippen LogP contribution is 2.36. The van der Waals surface area contributed by atoms with E-state index in [0.717, 1.165) is 22.3 Å². The third kappa shape index (κ3) is 3.98. The molecule has 0 N–H and O–H groups in total. The van der Waals surface area contributed by atoms with Crippen LogP contribution in [-0.4, -0.2) is 14.8 Å². The van der Waals surface area contributed by atoms with Gasteiger partial charge in [0.2, 0.25) is 0 Å². The van der Waals surface area contributed by atoms with Crippen LogP contribution in [0.5, 0.6) is 0 Å². The topological polar surface area (TPSA) is 54.5 Å². The lowest BCUT2D eigenvalue weighted by Gasteiger charge is -2.22. The molecule has 0 bridgehead atoms. The highest BCUT2D eigenvalue weighted by Gasteiger charge is 2.25. The summed E-state index contributed by atoms with van der Waals surface area (Å²) in [5.74, 6) is 2.35. The van der Waals surface area contributed by atoms with Crippen LogP contribution in [0, 0.1) is 18.3 Å². The number of aromatic nitrogens is 3. The van der Waals surface area contributed by atoms with E-state index in [2.05, 4.69) is 58.1 Å². The fourth-order valence-electron chi connectivity index (χ4n) is 3.92. The Morgan fingerprint density at radius 1 is 1.07 bits per heavy atom. The zero-order valence-corrected chi connectivity index (χ0v) is 17.0. The lowest BCUT2D eigenvalue weighted by atomic mass is 9.88. The van der Waals surface area contributed by atoms with Crippen molar-refractivity contribution in [2.45, 2.75) is 55.9 Å². The Balaban J connectivity index is 1.67. The van der Waals surface area contributed by atoms with E-state index in [1.165, 1.54) is 43.4 Å². The summed E-state index contributed by atoms with van der Waals surface area (Å²) >= 11 is 1.69. The third-order valence-electron chi connectivity index (χ3n) is 5.41. The van der Waals surface area contributed by atoms with Crippen molar-refractivity contribution in [1.29, 1.82) is 5.26 Å². The van der Waals surface area contributed by atoms with Gasteiger partial charge < -0.3 is 0 Å². The average Bonchev–Trinajstić information content (AvgIpc) is 3.17. The molecule has 28 heavy (non-hydrogen) atoms. The molecule has 2 aromatic carbocycles. The van der Waals surface area contributed by atoms with Gasteiger partial charge in [0.25, 0.3) is 0 Å². The molecule has 0 atom stereocenters. The van der Waals surface area contributed by atoms with Gasteiger partial charge in [-0.25, -0.2) is 0 Å². The standard InChI is InChI=1S/C23H24N4S/c1-17-8-5-6-13-21(17)27-22(20-11-3-2-4-12-20)25-26-23(27)28-16-19-10-7-9-18(14-19)15-24/h5-10,13-14,20H,2-4,11-12,16H2,1H3. The molecule has 3 aromatic rings. The number of thioether (sulfide) groups is 1. The normalized spacial score (nSPS) is 14.7. The third-order valence-corrected chi connectivity index (χ3v) is 6.41. The quantitative estimate of drug-likeness (QED) is 0.519. The minimum atomic E-state index is 0.483. The molecular formula is C23H24N4S. The van der Waals surface area contributed by atoms with Gasteiger partial charge in [-0.3, -0.25) is 4.57 Å². The maximum Gasteiger partial charge on any atom is 0.196 e. The molecule has 1 aliphatic carbocycles. The molecule has 0 amide bonds. The SMILES string of the molecule is Cc1ccccc1-n1c(SCc2cccc(C#N)c2)nnc1C1CCCCC1. The molecular weight excluding hydrogens is 364 g/mol. The summed E-state index contributed by atoms with van der Waals surface area (Å²) in [5, 5.41) is 19.3. The van der Waals surface area contributed by atoms with Gasteiger partial charge in [0, 0.05) is 11.7 Å². The van der Waals surface area contributed by atoms with Crippen molar-refractivity contribution in [2.75, 3.05) is 0 Å². The van der Waals surface area contributed by atoms with Crippen LogP contribution in [0.1, 0.15) is 60.5 Å². The molecule has 0 saturated heterocycles. The van der Waals surface area contributed by atoms with Crippen LogP contribution in [0.25, 0.3) is 5.69 Å². The molecule has 0 radical (unpaired) electrons. The van der Waals surface area contributed by atoms with Gasteiger partial charge in [-0.1, -0.05) is 61.4 Å². The number of para-hydroxylation sites is 1. The van der Waals surface area contributed by atoms with Crippen LogP contribution in [0.4, 0.5) is 0 Å². The molecule has 0 spiro atoms. The summed E-state index contributed by atoms with van der Waals surface area (Å²) in [5.41, 5.74) is 4.22. The van der Waals surface area contributed by atoms with E-state index in [1.54, 1.807) is 11.8 Å². The van der Waals surface area contributed by atoms with E-state index in [1.807, 2.05) is 18.2 Å². The lowest BCUT2D eigenvalue weighted by molar-refractivity contribution is 0.423. The van der Waals surface area contributed by atoms with E-state index in [4.69, 9.17) is 5.26 Å². The van der Waals surface area contributed by atoms with Crippen molar-refractivity contribution in [2.24, 2.45) is 0 Å². The van der Waals surface area contributed by atoms with Crippen molar-refractivity contribution in [3.8, 4) is 11.8 Å². The van der Waals surface area contributed by atoms with E-state index in [9.17, 15) is 0 Å². The molecule has 1 heterocycles. The first-order valence-corrected chi connectivity index (χ1v) is 10.9. The second-order valence-electron chi connectivity index (χ2n) is 7.40. The minimum absolute atomic E-state index is 0.483. The molecule has 142 valence electrons. The van der Waals surface area contributed by atoms with E-state index in [-0.39, 0.29) is 0 Å². The largest absolute Gasteiger partial charge is 0.274 e. The highest BCUT2D eigenvalue weighted by molar-refractivity contribution is 7.98. The van der Waals surface area contributed by atoms with Crippen LogP contribution < -0.4 is 0 Å². The molecule has 4 nitrogen and oxygen atoms in total. The molecule has 1 fully saturated rings. The molecule has 0 unspecified atom stereocenters. The molecule has 0 aliphatic heterocycles. The second-order valence-corrected chi connectivity index (χ2v) is 8.34. The molecule has 4 rings (SSSR count). The Kier molecular flexibility index (Phi) is 5.78. The van der Waals surface area contributed by atoms with Gasteiger partial charge in [0.05, 0.1) is 17.3 Å². The Labute approximate surface area is 170 Å². The maximum absolute atomic E-state index is 9.13. The number of nitrogens with zero attached hydrogens (tertiary/aromatic N) is 4. The highest BCUT2D eigenvalue weighted by atomic mass is 32.2. The van der Waals surface area contributed by atoms with Crippen molar-refractivity contribution >= 4 is 11.8 Å². The van der Waals surface area contributed by atoms with Crippen molar-refractivity contribution in [3.63, 3.8) is 0 Å². The summed E-state index contributed by atoms with van der Waals surface area (Å²) in [6.07, 6.45) is 6.26. The Bertz CT molecular complexity index is 996. The number of aryl methyl sites for hydroxylation is 1. The number of hydrogen-bond acceptors (Lipinski definition) is 4. The fourth-order valence-corrected chi connectivity index (χ4v) is 4.81. The van der Waals surface area contributed by atoms with Crippen molar-refractivity contribution in [3.05, 3.63) is 71.0 Å². The minimum Gasteiger partial charge on any atom is -0.274 e. The van der Waals surface area contributed by atoms with Gasteiger partial charge in [-0.2, -0.15) is 5.26 Å². The van der Waals surface area contributed by atoms with E-state index >= 15 is 0 Å². The van der Waals surface area contributed by atoms with Gasteiger partial charge in [0.15, 0.2) is 5.16 Å². The van der Waals surface area contributed by atoms with Crippen LogP contribution in [0.3, 0.4) is 0 Å². The van der Waals surface area contributed by atoms with E-state index in [0.29, 0.717) is 11.5 Å². The Morgan fingerprint density at radius 2 is 1.89 bits per heavy atom. The monoisotopic (exact) mass is 388 g/mol. The van der Waals surface area contributed by atoms with Gasteiger partial charge in [-0.05, 0) is 49.1 Å². The predicted octanol–water partition coefficient (Wildman–Crippen LogP) is 5.79. The first-order valence-electron chi connectivity index (χ1n) is 9.89. The number of rotatable bonds is 5. The van der Waals surface area contributed by atoms with Crippen LogP contribution in [-0.2, 0) is 5.75 Å². The predicted molar refractivity (Wildman–Crippen MR) is 113 cm³/mol. The fraction of sp³-hybridized carbons (Fsp3) is 0.348. The van der Waals surface area contributed by atoms with Crippen molar-refractivity contribution < 1.29 is 0 Å². The summed E-state index contributed by atoms with van der Waals surface area (Å²) in [4.78, 5) is 0. The lowest BCUT2D eigenvalue weighted by Crippen LogP contribution is -2.12. The summed E-state index contributed by atoms with van der Waals surface area (Å²) < 4.78 is 2.27. The van der Waals surface area contributed by atoms with E-state index < -0.39 is 0 Å². The first-order chi connectivity index (χ1) is 13.8. The molecule has 1 saturated carbocycles. The second kappa shape index (κ2) is 8.62. The average molecular weight is 389 g/mol. The van der Waals surface area contributed by atoms with Crippen LogP contribution in [0.2, 0.25) is 0 Å². The molecule has 1 aromatic heterocycles. The van der Waals surface area contributed by atoms with Gasteiger partial charge in [-0.15, -0.1) is 10.2 Å². The molecule has 1 aliphatic rings. The van der Waals surface area contributed by atoms with Crippen LogP contribution >= 0.6 is 11.8 Å². The van der Waals surface area contributed by atoms with Crippen molar-refractivity contribution in [1.82, 2.24) is 14.8 Å². The summed E-state index contributed by atoms with van der Waals surface area (Å²) in [7, 11) is 0. The maximum atomic E-state index is 9.13. The number of nitriles is 1.